The fraction of sp³-hybridized carbons (Fsp3) is 0.250. The van der Waals surface area contributed by atoms with E-state index >= 15 is 0 Å². The molecular weight excluding hydrogens is 336 g/mol. The Hall–Kier alpha value is -3.15. The third kappa shape index (κ3) is 4.92. The van der Waals surface area contributed by atoms with Crippen LogP contribution in [-0.2, 0) is 27.3 Å². The lowest BCUT2D eigenvalue weighted by atomic mass is 10.0. The van der Waals surface area contributed by atoms with Gasteiger partial charge in [0.2, 0.25) is 0 Å². The van der Waals surface area contributed by atoms with E-state index < -0.39 is 11.9 Å². The summed E-state index contributed by atoms with van der Waals surface area (Å²) in [5.41, 5.74) is 2.27. The Morgan fingerprint density at radius 3 is 2.15 bits per heavy atom. The molecule has 0 aliphatic carbocycles. The lowest BCUT2D eigenvalue weighted by molar-refractivity contribution is -0.144. The number of benzene rings is 2. The predicted octanol–water partition coefficient (Wildman–Crippen LogP) is 2.97. The van der Waals surface area contributed by atoms with E-state index in [1.165, 1.54) is 21.1 Å². The molecule has 0 aliphatic heterocycles. The zero-order valence-corrected chi connectivity index (χ0v) is 14.9. The van der Waals surface area contributed by atoms with Crippen LogP contribution in [0.1, 0.15) is 38.8 Å². The van der Waals surface area contributed by atoms with Gasteiger partial charge >= 0.3 is 11.9 Å². The van der Waals surface area contributed by atoms with E-state index in [9.17, 15) is 14.4 Å². The lowest BCUT2D eigenvalue weighted by Crippen LogP contribution is -2.10. The molecular formula is C20H20O6. The predicted molar refractivity (Wildman–Crippen MR) is 94.3 cm³/mol. The highest BCUT2D eigenvalue weighted by Gasteiger charge is 2.13. The normalized spacial score (nSPS) is 10.1. The maximum absolute atomic E-state index is 12.1. The van der Waals surface area contributed by atoms with Crippen molar-refractivity contribution in [2.75, 3.05) is 14.2 Å². The first-order valence-electron chi connectivity index (χ1n) is 7.95. The van der Waals surface area contributed by atoms with Crippen molar-refractivity contribution in [2.24, 2.45) is 0 Å². The van der Waals surface area contributed by atoms with E-state index in [-0.39, 0.29) is 18.8 Å². The number of ether oxygens (including phenoxy) is 3. The zero-order valence-electron chi connectivity index (χ0n) is 14.9. The Morgan fingerprint density at radius 1 is 0.923 bits per heavy atom. The van der Waals surface area contributed by atoms with Gasteiger partial charge in [-0.2, -0.15) is 0 Å². The van der Waals surface area contributed by atoms with Crippen molar-refractivity contribution in [3.63, 3.8) is 0 Å². The number of hydrogen-bond acceptors (Lipinski definition) is 6. The van der Waals surface area contributed by atoms with E-state index in [2.05, 4.69) is 4.74 Å². The number of esters is 2. The van der Waals surface area contributed by atoms with E-state index in [0.29, 0.717) is 22.4 Å². The molecule has 2 aromatic rings. The molecule has 0 fully saturated rings. The number of rotatable bonds is 7. The Kier molecular flexibility index (Phi) is 6.49. The molecule has 0 N–H and O–H groups in total. The topological polar surface area (TPSA) is 78.9 Å². The second-order valence-corrected chi connectivity index (χ2v) is 5.61. The van der Waals surface area contributed by atoms with Crippen LogP contribution in [0.25, 0.3) is 0 Å². The first-order valence-corrected chi connectivity index (χ1v) is 7.95. The molecule has 6 nitrogen and oxygen atoms in total. The highest BCUT2D eigenvalue weighted by Crippen LogP contribution is 2.21. The standard InChI is InChI=1S/C20H20O6/c1-13(21)16-8-9-18(24-2)17(10-16)11-19(22)26-12-14-4-6-15(7-5-14)20(23)25-3/h4-10H,11-12H2,1-3H3. The second-order valence-electron chi connectivity index (χ2n) is 5.61. The van der Waals surface area contributed by atoms with Crippen molar-refractivity contribution in [1.29, 1.82) is 0 Å². The van der Waals surface area contributed by atoms with Crippen molar-refractivity contribution in [1.82, 2.24) is 0 Å². The van der Waals surface area contributed by atoms with Gasteiger partial charge in [0.15, 0.2) is 5.78 Å². The smallest absolute Gasteiger partial charge is 0.337 e. The molecule has 2 aromatic carbocycles. The van der Waals surface area contributed by atoms with Crippen LogP contribution in [0.5, 0.6) is 5.75 Å². The Labute approximate surface area is 151 Å². The summed E-state index contributed by atoms with van der Waals surface area (Å²) in [6, 6.07) is 11.5. The van der Waals surface area contributed by atoms with Gasteiger partial charge < -0.3 is 14.2 Å². The summed E-state index contributed by atoms with van der Waals surface area (Å²) in [5, 5.41) is 0. The zero-order chi connectivity index (χ0) is 19.1. The van der Waals surface area contributed by atoms with Gasteiger partial charge in [-0.3, -0.25) is 9.59 Å². The summed E-state index contributed by atoms with van der Waals surface area (Å²) < 4.78 is 15.1. The molecule has 136 valence electrons. The lowest BCUT2D eigenvalue weighted by Gasteiger charge is -2.10. The Bertz CT molecular complexity index is 808. The number of hydrogen-bond donors (Lipinski definition) is 0. The highest BCUT2D eigenvalue weighted by atomic mass is 16.5. The van der Waals surface area contributed by atoms with Crippen molar-refractivity contribution in [3.05, 3.63) is 64.7 Å². The summed E-state index contributed by atoms with van der Waals surface area (Å²) in [6.45, 7) is 1.54. The first-order chi connectivity index (χ1) is 12.4. The van der Waals surface area contributed by atoms with Gasteiger partial charge in [0.05, 0.1) is 26.2 Å². The molecule has 0 bridgehead atoms. The molecule has 0 saturated heterocycles. The van der Waals surface area contributed by atoms with Gasteiger partial charge in [-0.1, -0.05) is 12.1 Å². The average Bonchev–Trinajstić information content (AvgIpc) is 2.66. The van der Waals surface area contributed by atoms with Gasteiger partial charge in [-0.15, -0.1) is 0 Å². The summed E-state index contributed by atoms with van der Waals surface area (Å²) in [6.07, 6.45) is -0.00939. The molecule has 6 heteroatoms. The Balaban J connectivity index is 1.99. The molecule has 0 radical (unpaired) electrons. The summed E-state index contributed by atoms with van der Waals surface area (Å²) in [4.78, 5) is 35.0. The minimum absolute atomic E-state index is 0.00939. The molecule has 0 unspecified atom stereocenters. The van der Waals surface area contributed by atoms with Gasteiger partial charge in [-0.05, 0) is 42.8 Å². The molecule has 0 saturated carbocycles. The average molecular weight is 356 g/mol. The molecule has 0 spiro atoms. The Morgan fingerprint density at radius 2 is 1.58 bits per heavy atom. The van der Waals surface area contributed by atoms with Crippen LogP contribution in [0.4, 0.5) is 0 Å². The quantitative estimate of drug-likeness (QED) is 0.561. The first kappa shape index (κ1) is 19.2. The van der Waals surface area contributed by atoms with Crippen LogP contribution in [-0.4, -0.2) is 31.9 Å². The fourth-order valence-electron chi connectivity index (χ4n) is 2.36. The van der Waals surface area contributed by atoms with E-state index in [1.54, 1.807) is 42.5 Å². The third-order valence-electron chi connectivity index (χ3n) is 3.80. The molecule has 0 aromatic heterocycles. The van der Waals surface area contributed by atoms with Crippen LogP contribution in [0, 0.1) is 0 Å². The molecule has 0 aliphatic rings. The summed E-state index contributed by atoms with van der Waals surface area (Å²) in [5.74, 6) is -0.436. The van der Waals surface area contributed by atoms with Gasteiger partial charge in [0.25, 0.3) is 0 Å². The monoisotopic (exact) mass is 356 g/mol. The minimum atomic E-state index is -0.443. The molecule has 2 rings (SSSR count). The largest absolute Gasteiger partial charge is 0.496 e. The van der Waals surface area contributed by atoms with Crippen molar-refractivity contribution < 1.29 is 28.6 Å². The van der Waals surface area contributed by atoms with E-state index in [0.717, 1.165) is 5.56 Å². The summed E-state index contributed by atoms with van der Waals surface area (Å²) in [7, 11) is 2.81. The van der Waals surface area contributed by atoms with Gasteiger partial charge in [-0.25, -0.2) is 4.79 Å². The number of ketones is 1. The molecule has 0 heterocycles. The maximum Gasteiger partial charge on any atom is 0.337 e. The maximum atomic E-state index is 12.1. The third-order valence-corrected chi connectivity index (χ3v) is 3.80. The molecule has 0 amide bonds. The van der Waals surface area contributed by atoms with Crippen LogP contribution < -0.4 is 4.74 Å². The highest BCUT2D eigenvalue weighted by molar-refractivity contribution is 5.94. The number of Topliss-reactive ketones (excluding diaryl/α,β-unsaturated/α-hetero) is 1. The molecule has 0 atom stereocenters. The number of carbonyl (C=O) groups excluding carboxylic acids is 3. The fourth-order valence-corrected chi connectivity index (χ4v) is 2.36. The van der Waals surface area contributed by atoms with Gasteiger partial charge in [0, 0.05) is 11.1 Å². The van der Waals surface area contributed by atoms with E-state index in [4.69, 9.17) is 9.47 Å². The summed E-state index contributed by atoms with van der Waals surface area (Å²) >= 11 is 0. The minimum Gasteiger partial charge on any atom is -0.496 e. The van der Waals surface area contributed by atoms with E-state index in [1.807, 2.05) is 0 Å². The number of methoxy groups -OCH3 is 2. The SMILES string of the molecule is COC(=O)c1ccc(COC(=O)Cc2cc(C(C)=O)ccc2OC)cc1. The van der Waals surface area contributed by atoms with Crippen molar-refractivity contribution >= 4 is 17.7 Å². The van der Waals surface area contributed by atoms with Crippen molar-refractivity contribution in [3.8, 4) is 5.75 Å². The molecule has 26 heavy (non-hydrogen) atoms. The van der Waals surface area contributed by atoms with Gasteiger partial charge in [0.1, 0.15) is 12.4 Å². The number of carbonyl (C=O) groups is 3. The van der Waals surface area contributed by atoms with Crippen LogP contribution >= 0.6 is 0 Å². The van der Waals surface area contributed by atoms with Crippen LogP contribution in [0.15, 0.2) is 42.5 Å². The van der Waals surface area contributed by atoms with Crippen LogP contribution in [0.3, 0.4) is 0 Å². The van der Waals surface area contributed by atoms with Crippen LogP contribution in [0.2, 0.25) is 0 Å². The van der Waals surface area contributed by atoms with Crippen molar-refractivity contribution in [2.45, 2.75) is 20.0 Å². The second kappa shape index (κ2) is 8.80.